The molecule has 0 saturated carbocycles. The molecule has 0 aliphatic carbocycles. The number of benzene rings is 1. The highest BCUT2D eigenvalue weighted by molar-refractivity contribution is 7.99. The third kappa shape index (κ3) is 14.3. The number of aliphatic hydroxyl groups is 1. The minimum atomic E-state index is -0.574. The van der Waals surface area contributed by atoms with Gasteiger partial charge >= 0.3 is 5.97 Å². The standard InChI is InChI=1S/C23H38O5S/c1-3-4-5-6-7-8-9-10-16-27-21-11-13-22(14-12-21)28-18-20(24)19-29-17-15-23(25)26-2/h11-14,20,24H,3-10,15-19H2,1-2H3. The summed E-state index contributed by atoms with van der Waals surface area (Å²) in [5.74, 6) is 2.49. The quantitative estimate of drug-likeness (QED) is 0.256. The van der Waals surface area contributed by atoms with Crippen LogP contribution in [0.15, 0.2) is 24.3 Å². The Morgan fingerprint density at radius 1 is 0.966 bits per heavy atom. The minimum absolute atomic E-state index is 0.226. The molecule has 0 aromatic heterocycles. The molecule has 0 fully saturated rings. The number of thioether (sulfide) groups is 1. The number of carbonyl (C=O) groups excluding carboxylic acids is 1. The molecule has 0 spiro atoms. The second-order valence-corrected chi connectivity index (χ2v) is 8.31. The Hall–Kier alpha value is -1.40. The van der Waals surface area contributed by atoms with Gasteiger partial charge in [-0.1, -0.05) is 51.9 Å². The Bertz CT molecular complexity index is 521. The SMILES string of the molecule is CCCCCCCCCCOc1ccc(OCC(O)CSCCC(=O)OC)cc1. The third-order valence-electron chi connectivity index (χ3n) is 4.52. The van der Waals surface area contributed by atoms with Gasteiger partial charge in [0, 0.05) is 11.5 Å². The van der Waals surface area contributed by atoms with Crippen molar-refractivity contribution in [1.29, 1.82) is 0 Å². The van der Waals surface area contributed by atoms with E-state index in [0.29, 0.717) is 23.7 Å². The van der Waals surface area contributed by atoms with Gasteiger partial charge in [-0.15, -0.1) is 0 Å². The Morgan fingerprint density at radius 3 is 2.17 bits per heavy atom. The van der Waals surface area contributed by atoms with Crippen molar-refractivity contribution in [3.63, 3.8) is 0 Å². The molecule has 1 rings (SSSR count). The van der Waals surface area contributed by atoms with E-state index < -0.39 is 6.10 Å². The topological polar surface area (TPSA) is 65.0 Å². The van der Waals surface area contributed by atoms with Gasteiger partial charge < -0.3 is 19.3 Å². The molecule has 0 radical (unpaired) electrons. The lowest BCUT2D eigenvalue weighted by Crippen LogP contribution is -2.20. The fraction of sp³-hybridized carbons (Fsp3) is 0.696. The van der Waals surface area contributed by atoms with Gasteiger partial charge in [0.25, 0.3) is 0 Å². The first-order valence-corrected chi connectivity index (χ1v) is 12.0. The molecular weight excluding hydrogens is 388 g/mol. The summed E-state index contributed by atoms with van der Waals surface area (Å²) in [6.07, 6.45) is 10.1. The van der Waals surface area contributed by atoms with Crippen molar-refractivity contribution >= 4 is 17.7 Å². The number of hydrogen-bond donors (Lipinski definition) is 1. The van der Waals surface area contributed by atoms with Crippen LogP contribution in [0.25, 0.3) is 0 Å². The lowest BCUT2D eigenvalue weighted by atomic mass is 10.1. The molecule has 0 aliphatic rings. The van der Waals surface area contributed by atoms with Crippen molar-refractivity contribution in [3.05, 3.63) is 24.3 Å². The molecule has 1 atom stereocenters. The summed E-state index contributed by atoms with van der Waals surface area (Å²) in [5, 5.41) is 9.95. The monoisotopic (exact) mass is 426 g/mol. The highest BCUT2D eigenvalue weighted by Gasteiger charge is 2.07. The van der Waals surface area contributed by atoms with E-state index in [1.54, 1.807) is 0 Å². The number of aliphatic hydroxyl groups excluding tert-OH is 1. The van der Waals surface area contributed by atoms with Gasteiger partial charge in [-0.05, 0) is 30.7 Å². The van der Waals surface area contributed by atoms with E-state index in [-0.39, 0.29) is 12.6 Å². The summed E-state index contributed by atoms with van der Waals surface area (Å²) in [6.45, 7) is 3.22. The molecule has 0 amide bonds. The van der Waals surface area contributed by atoms with Crippen molar-refractivity contribution in [2.24, 2.45) is 0 Å². The summed E-state index contributed by atoms with van der Waals surface area (Å²) in [5.41, 5.74) is 0. The van der Waals surface area contributed by atoms with Crippen LogP contribution in [0.5, 0.6) is 11.5 Å². The van der Waals surface area contributed by atoms with E-state index in [4.69, 9.17) is 9.47 Å². The molecular formula is C23H38O5S. The van der Waals surface area contributed by atoms with Crippen LogP contribution in [0.2, 0.25) is 0 Å². The molecule has 0 aliphatic heterocycles. The molecule has 0 bridgehead atoms. The first kappa shape index (κ1) is 25.6. The van der Waals surface area contributed by atoms with Crippen LogP contribution in [0.4, 0.5) is 0 Å². The molecule has 6 heteroatoms. The Labute approximate surface area is 180 Å². The van der Waals surface area contributed by atoms with Crippen molar-refractivity contribution in [3.8, 4) is 11.5 Å². The number of methoxy groups -OCH3 is 1. The van der Waals surface area contributed by atoms with Gasteiger partial charge in [0.1, 0.15) is 18.1 Å². The van der Waals surface area contributed by atoms with Crippen LogP contribution in [0.3, 0.4) is 0 Å². The van der Waals surface area contributed by atoms with Crippen LogP contribution in [0.1, 0.15) is 64.7 Å². The largest absolute Gasteiger partial charge is 0.494 e. The van der Waals surface area contributed by atoms with Crippen molar-refractivity contribution in [1.82, 2.24) is 0 Å². The summed E-state index contributed by atoms with van der Waals surface area (Å²) < 4.78 is 16.0. The van der Waals surface area contributed by atoms with Gasteiger partial charge in [-0.3, -0.25) is 4.79 Å². The van der Waals surface area contributed by atoms with E-state index in [2.05, 4.69) is 11.7 Å². The summed E-state index contributed by atoms with van der Waals surface area (Å²) in [6, 6.07) is 7.52. The molecule has 1 N–H and O–H groups in total. The minimum Gasteiger partial charge on any atom is -0.494 e. The Kier molecular flexibility index (Phi) is 15.4. The van der Waals surface area contributed by atoms with Crippen LogP contribution in [-0.2, 0) is 9.53 Å². The number of rotatable bonds is 18. The fourth-order valence-electron chi connectivity index (χ4n) is 2.78. The first-order chi connectivity index (χ1) is 14.2. The average Bonchev–Trinajstić information content (AvgIpc) is 2.74. The Balaban J connectivity index is 2.06. The third-order valence-corrected chi connectivity index (χ3v) is 5.63. The zero-order valence-electron chi connectivity index (χ0n) is 18.1. The first-order valence-electron chi connectivity index (χ1n) is 10.8. The molecule has 1 aromatic rings. The number of ether oxygens (including phenoxy) is 3. The summed E-state index contributed by atoms with van der Waals surface area (Å²) in [4.78, 5) is 11.0. The zero-order chi connectivity index (χ0) is 21.2. The van der Waals surface area contributed by atoms with Crippen LogP contribution < -0.4 is 9.47 Å². The molecule has 1 aromatic carbocycles. The van der Waals surface area contributed by atoms with Crippen molar-refractivity contribution < 1.29 is 24.1 Å². The van der Waals surface area contributed by atoms with Gasteiger partial charge in [-0.2, -0.15) is 11.8 Å². The number of unbranched alkanes of at least 4 members (excludes halogenated alkanes) is 7. The van der Waals surface area contributed by atoms with Crippen molar-refractivity contribution in [2.75, 3.05) is 31.8 Å². The maximum atomic E-state index is 11.0. The summed E-state index contributed by atoms with van der Waals surface area (Å²) in [7, 11) is 1.38. The smallest absolute Gasteiger partial charge is 0.306 e. The maximum absolute atomic E-state index is 11.0. The van der Waals surface area contributed by atoms with E-state index in [9.17, 15) is 9.90 Å². The fourth-order valence-corrected chi connectivity index (χ4v) is 3.62. The zero-order valence-corrected chi connectivity index (χ0v) is 18.9. The van der Waals surface area contributed by atoms with E-state index in [0.717, 1.165) is 18.8 Å². The van der Waals surface area contributed by atoms with Gasteiger partial charge in [0.15, 0.2) is 0 Å². The predicted octanol–water partition coefficient (Wildman–Crippen LogP) is 5.24. The second-order valence-electron chi connectivity index (χ2n) is 7.16. The van der Waals surface area contributed by atoms with Crippen LogP contribution in [0, 0.1) is 0 Å². The van der Waals surface area contributed by atoms with Crippen LogP contribution >= 0.6 is 11.8 Å². The molecule has 0 saturated heterocycles. The molecule has 166 valence electrons. The van der Waals surface area contributed by atoms with E-state index in [1.165, 1.54) is 63.8 Å². The number of carbonyl (C=O) groups is 1. The highest BCUT2D eigenvalue weighted by atomic mass is 32.2. The molecule has 5 nitrogen and oxygen atoms in total. The second kappa shape index (κ2) is 17.5. The average molecular weight is 427 g/mol. The van der Waals surface area contributed by atoms with Gasteiger partial charge in [0.05, 0.1) is 26.2 Å². The van der Waals surface area contributed by atoms with Crippen LogP contribution in [-0.4, -0.2) is 49.0 Å². The normalized spacial score (nSPS) is 11.8. The predicted molar refractivity (Wildman–Crippen MR) is 120 cm³/mol. The Morgan fingerprint density at radius 2 is 1.55 bits per heavy atom. The van der Waals surface area contributed by atoms with Gasteiger partial charge in [-0.25, -0.2) is 0 Å². The molecule has 29 heavy (non-hydrogen) atoms. The van der Waals surface area contributed by atoms with E-state index >= 15 is 0 Å². The highest BCUT2D eigenvalue weighted by Crippen LogP contribution is 2.19. The van der Waals surface area contributed by atoms with E-state index in [1.807, 2.05) is 24.3 Å². The van der Waals surface area contributed by atoms with Crippen molar-refractivity contribution in [2.45, 2.75) is 70.8 Å². The number of esters is 1. The lowest BCUT2D eigenvalue weighted by molar-refractivity contribution is -0.140. The molecule has 1 unspecified atom stereocenters. The number of hydrogen-bond acceptors (Lipinski definition) is 6. The molecule has 0 heterocycles. The summed E-state index contributed by atoms with van der Waals surface area (Å²) >= 11 is 1.51. The van der Waals surface area contributed by atoms with Gasteiger partial charge in [0.2, 0.25) is 0 Å². The lowest BCUT2D eigenvalue weighted by Gasteiger charge is -2.12. The maximum Gasteiger partial charge on any atom is 0.306 e.